The largest absolute Gasteiger partial charge is 0.481 e. The van der Waals surface area contributed by atoms with Crippen molar-refractivity contribution in [2.45, 2.75) is 95.5 Å². The first kappa shape index (κ1) is 25.1. The van der Waals surface area contributed by atoms with Crippen molar-refractivity contribution >= 4 is 5.97 Å². The number of carboxylic acid groups (broad SMARTS) is 1. The molecule has 1 heterocycles. The molecule has 2 fully saturated rings. The summed E-state index contributed by atoms with van der Waals surface area (Å²) in [6.45, 7) is 3.37. The number of carboxylic acids is 1. The Labute approximate surface area is 181 Å². The number of aliphatic hydroxyl groups is 2. The molecule has 0 radical (unpaired) electrons. The average molecular weight is 425 g/mol. The minimum atomic E-state index is -0.779. The minimum Gasteiger partial charge on any atom is -0.481 e. The summed E-state index contributed by atoms with van der Waals surface area (Å²) in [5.74, 6) is -1.68. The summed E-state index contributed by atoms with van der Waals surface area (Å²) in [5.41, 5.74) is 0. The van der Waals surface area contributed by atoms with Crippen molar-refractivity contribution in [3.05, 3.63) is 24.3 Å². The second kappa shape index (κ2) is 13.3. The van der Waals surface area contributed by atoms with Crippen LogP contribution in [0.5, 0.6) is 0 Å². The first-order valence-corrected chi connectivity index (χ1v) is 11.7. The maximum Gasteiger partial charge on any atom is 0.303 e. The minimum absolute atomic E-state index is 0.0602. The molecule has 30 heavy (non-hydrogen) atoms. The number of rotatable bonds is 14. The highest BCUT2D eigenvalue weighted by Crippen LogP contribution is 2.38. The summed E-state index contributed by atoms with van der Waals surface area (Å²) in [6, 6.07) is 0. The number of aliphatic hydroxyl groups excluding tert-OH is 2. The van der Waals surface area contributed by atoms with Crippen molar-refractivity contribution in [1.29, 1.82) is 0 Å². The molecule has 0 bridgehead atoms. The van der Waals surface area contributed by atoms with Crippen LogP contribution in [-0.2, 0) is 14.3 Å². The molecule has 1 aliphatic heterocycles. The molecule has 4 atom stereocenters. The van der Waals surface area contributed by atoms with Crippen molar-refractivity contribution in [3.63, 3.8) is 0 Å². The third kappa shape index (κ3) is 8.14. The molecular weight excluding hydrogens is 384 g/mol. The Kier molecular flexibility index (Phi) is 11.1. The Balaban J connectivity index is 1.90. The van der Waals surface area contributed by atoms with Gasteiger partial charge in [-0.2, -0.15) is 0 Å². The number of ether oxygens (including phenoxy) is 2. The topological polar surface area (TPSA) is 96.2 Å². The van der Waals surface area contributed by atoms with E-state index in [-0.39, 0.29) is 18.3 Å². The molecule has 0 aromatic rings. The fraction of sp³-hybridized carbons (Fsp3) is 0.792. The second-order valence-corrected chi connectivity index (χ2v) is 8.64. The van der Waals surface area contributed by atoms with Crippen LogP contribution in [0.1, 0.15) is 77.6 Å². The zero-order valence-electron chi connectivity index (χ0n) is 18.4. The van der Waals surface area contributed by atoms with E-state index in [2.05, 4.69) is 6.92 Å². The van der Waals surface area contributed by atoms with Gasteiger partial charge in [-0.1, -0.05) is 50.8 Å². The van der Waals surface area contributed by atoms with Crippen molar-refractivity contribution in [2.75, 3.05) is 13.2 Å². The second-order valence-electron chi connectivity index (χ2n) is 8.64. The summed E-state index contributed by atoms with van der Waals surface area (Å²) in [5, 5.41) is 29.6. The Hall–Kier alpha value is -1.21. The van der Waals surface area contributed by atoms with Crippen LogP contribution in [0.3, 0.4) is 0 Å². The maximum atomic E-state index is 10.6. The quantitative estimate of drug-likeness (QED) is 0.286. The molecule has 3 N–H and O–H groups in total. The molecular formula is C24H40O6. The van der Waals surface area contributed by atoms with Crippen LogP contribution in [0.15, 0.2) is 24.3 Å². The van der Waals surface area contributed by atoms with Crippen LogP contribution >= 0.6 is 0 Å². The van der Waals surface area contributed by atoms with Crippen LogP contribution in [0, 0.1) is 11.8 Å². The lowest BCUT2D eigenvalue weighted by molar-refractivity contribution is -0.137. The smallest absolute Gasteiger partial charge is 0.303 e. The number of allylic oxidation sites excluding steroid dienone is 2. The van der Waals surface area contributed by atoms with Gasteiger partial charge in [-0.25, -0.2) is 0 Å². The van der Waals surface area contributed by atoms with Crippen LogP contribution in [0.4, 0.5) is 0 Å². The zero-order chi connectivity index (χ0) is 21.8. The van der Waals surface area contributed by atoms with E-state index in [4.69, 9.17) is 14.6 Å². The molecule has 2 aliphatic rings. The van der Waals surface area contributed by atoms with Crippen LogP contribution < -0.4 is 0 Å². The molecule has 1 aliphatic carbocycles. The lowest BCUT2D eigenvalue weighted by Crippen LogP contribution is -2.28. The predicted octanol–water partition coefficient (Wildman–Crippen LogP) is 4.21. The molecule has 0 aromatic carbocycles. The van der Waals surface area contributed by atoms with Gasteiger partial charge in [0.2, 0.25) is 0 Å². The molecule has 0 amide bonds. The first-order valence-electron chi connectivity index (χ1n) is 11.7. The summed E-state index contributed by atoms with van der Waals surface area (Å²) in [6.07, 6.45) is 16.0. The highest BCUT2D eigenvalue weighted by Gasteiger charge is 2.41. The Morgan fingerprint density at radius 2 is 1.77 bits per heavy atom. The average Bonchev–Trinajstić information content (AvgIpc) is 3.27. The van der Waals surface area contributed by atoms with Gasteiger partial charge in [-0.05, 0) is 37.7 Å². The fourth-order valence-corrected chi connectivity index (χ4v) is 4.48. The molecule has 0 spiro atoms. The van der Waals surface area contributed by atoms with Gasteiger partial charge in [0.15, 0.2) is 5.79 Å². The maximum absolute atomic E-state index is 10.6. The van der Waals surface area contributed by atoms with E-state index < -0.39 is 24.0 Å². The van der Waals surface area contributed by atoms with Gasteiger partial charge in [0, 0.05) is 25.2 Å². The van der Waals surface area contributed by atoms with Crippen molar-refractivity contribution < 1.29 is 29.6 Å². The predicted molar refractivity (Wildman–Crippen MR) is 116 cm³/mol. The molecule has 6 nitrogen and oxygen atoms in total. The highest BCUT2D eigenvalue weighted by molar-refractivity contribution is 5.66. The highest BCUT2D eigenvalue weighted by atomic mass is 16.7. The van der Waals surface area contributed by atoms with Crippen molar-refractivity contribution in [3.8, 4) is 0 Å². The molecule has 1 saturated carbocycles. The van der Waals surface area contributed by atoms with Crippen molar-refractivity contribution in [2.24, 2.45) is 11.8 Å². The van der Waals surface area contributed by atoms with Gasteiger partial charge in [-0.15, -0.1) is 0 Å². The van der Waals surface area contributed by atoms with E-state index in [0.29, 0.717) is 38.9 Å². The van der Waals surface area contributed by atoms with Gasteiger partial charge in [0.25, 0.3) is 0 Å². The molecule has 0 unspecified atom stereocenters. The summed E-state index contributed by atoms with van der Waals surface area (Å²) in [7, 11) is 0. The van der Waals surface area contributed by atoms with E-state index in [9.17, 15) is 15.0 Å². The number of hydrogen-bond donors (Lipinski definition) is 3. The van der Waals surface area contributed by atoms with Crippen LogP contribution in [0.2, 0.25) is 0 Å². The van der Waals surface area contributed by atoms with Crippen LogP contribution in [-0.4, -0.2) is 52.5 Å². The van der Waals surface area contributed by atoms with E-state index in [1.165, 1.54) is 19.3 Å². The molecule has 0 aromatic heterocycles. The summed E-state index contributed by atoms with van der Waals surface area (Å²) in [4.78, 5) is 10.6. The Morgan fingerprint density at radius 1 is 1.03 bits per heavy atom. The van der Waals surface area contributed by atoms with Gasteiger partial charge in [0.05, 0.1) is 25.4 Å². The van der Waals surface area contributed by atoms with E-state index >= 15 is 0 Å². The SMILES string of the molecule is CCCCCCCC1(/C=C/[C@@H]2[C@@H](C/C=C\CCCC(=O)O)[C@@H](O)C[C@H]2O)OCCO1. The van der Waals surface area contributed by atoms with E-state index in [0.717, 1.165) is 19.3 Å². The Morgan fingerprint density at radius 3 is 2.47 bits per heavy atom. The summed E-state index contributed by atoms with van der Waals surface area (Å²) < 4.78 is 11.9. The molecule has 6 heteroatoms. The van der Waals surface area contributed by atoms with E-state index in [1.54, 1.807) is 0 Å². The summed E-state index contributed by atoms with van der Waals surface area (Å²) >= 11 is 0. The van der Waals surface area contributed by atoms with Gasteiger partial charge >= 0.3 is 5.97 Å². The number of aliphatic carboxylic acids is 1. The van der Waals surface area contributed by atoms with Gasteiger partial charge in [0.1, 0.15) is 0 Å². The molecule has 172 valence electrons. The fourth-order valence-electron chi connectivity index (χ4n) is 4.48. The third-order valence-corrected chi connectivity index (χ3v) is 6.23. The van der Waals surface area contributed by atoms with Gasteiger partial charge in [-0.3, -0.25) is 4.79 Å². The molecule has 1 saturated heterocycles. The lowest BCUT2D eigenvalue weighted by atomic mass is 9.89. The van der Waals surface area contributed by atoms with E-state index in [1.807, 2.05) is 24.3 Å². The zero-order valence-corrected chi connectivity index (χ0v) is 18.4. The number of hydrogen-bond acceptors (Lipinski definition) is 5. The van der Waals surface area contributed by atoms with Crippen LogP contribution in [0.25, 0.3) is 0 Å². The number of carbonyl (C=O) groups is 1. The third-order valence-electron chi connectivity index (χ3n) is 6.23. The monoisotopic (exact) mass is 424 g/mol. The first-order chi connectivity index (χ1) is 14.5. The number of unbranched alkanes of at least 4 members (excludes halogenated alkanes) is 5. The van der Waals surface area contributed by atoms with Gasteiger partial charge < -0.3 is 24.8 Å². The normalized spacial score (nSPS) is 28.8. The standard InChI is InChI=1S/C24H40O6/c1-2-3-4-7-10-14-24(29-16-17-30-24)15-13-20-19(21(25)18-22(20)26)11-8-5-6-9-12-23(27)28/h5,8,13,15,19-22,25-26H,2-4,6-7,9-12,14,16-18H2,1H3,(H,27,28)/b8-5-,15-13+/t19-,20-,21+,22-/m1/s1. The van der Waals surface area contributed by atoms with Crippen molar-refractivity contribution in [1.82, 2.24) is 0 Å². The molecule has 2 rings (SSSR count). The lowest BCUT2D eigenvalue weighted by Gasteiger charge is -2.26. The Bertz CT molecular complexity index is 552.